The van der Waals surface area contributed by atoms with Crippen molar-refractivity contribution < 1.29 is 10.2 Å². The van der Waals surface area contributed by atoms with Crippen molar-refractivity contribution in [2.24, 2.45) is 20.4 Å². The fraction of sp³-hybridized carbons (Fsp3) is 0. The molecule has 0 amide bonds. The summed E-state index contributed by atoms with van der Waals surface area (Å²) in [5, 5.41) is 37.5. The number of hydrogen-bond acceptors (Lipinski definition) is 6. The van der Waals surface area contributed by atoms with E-state index in [1.165, 1.54) is 12.4 Å². The molecule has 0 saturated heterocycles. The molecule has 0 aliphatic heterocycles. The van der Waals surface area contributed by atoms with E-state index in [2.05, 4.69) is 20.4 Å². The molecule has 4 aromatic rings. The van der Waals surface area contributed by atoms with Gasteiger partial charge in [0.1, 0.15) is 22.9 Å². The molecule has 6 heteroatoms. The molecule has 34 heavy (non-hydrogen) atoms. The summed E-state index contributed by atoms with van der Waals surface area (Å²) in [6.07, 6.45) is 2.98. The Bertz CT molecular complexity index is 1250. The highest BCUT2D eigenvalue weighted by Gasteiger charge is 2.15. The maximum atomic E-state index is 10.0. The average Bonchev–Trinajstić information content (AvgIpc) is 2.88. The van der Waals surface area contributed by atoms with E-state index in [0.717, 1.165) is 11.1 Å². The van der Waals surface area contributed by atoms with Gasteiger partial charge < -0.3 is 10.2 Å². The van der Waals surface area contributed by atoms with Gasteiger partial charge in [-0.05, 0) is 24.3 Å². The Balaban J connectivity index is 1.80. The highest BCUT2D eigenvalue weighted by atomic mass is 16.3. The maximum Gasteiger partial charge on any atom is 0.124 e. The number of phenols is 2. The maximum absolute atomic E-state index is 10.0. The van der Waals surface area contributed by atoms with Gasteiger partial charge in [-0.25, -0.2) is 0 Å². The summed E-state index contributed by atoms with van der Waals surface area (Å²) >= 11 is 0. The lowest BCUT2D eigenvalue weighted by atomic mass is 10.00. The van der Waals surface area contributed by atoms with Gasteiger partial charge in [0.05, 0.1) is 12.4 Å². The predicted octanol–water partition coefficient (Wildman–Crippen LogP) is 5.44. The van der Waals surface area contributed by atoms with Crippen LogP contribution in [0.4, 0.5) is 0 Å². The zero-order chi connectivity index (χ0) is 23.6. The number of aromatic hydroxyl groups is 2. The molecule has 0 saturated carbocycles. The van der Waals surface area contributed by atoms with Crippen molar-refractivity contribution in [1.29, 1.82) is 0 Å². The minimum atomic E-state index is 0.118. The minimum Gasteiger partial charge on any atom is -0.507 e. The van der Waals surface area contributed by atoms with Crippen molar-refractivity contribution in [2.75, 3.05) is 0 Å². The molecular formula is C28H22N4O2. The molecule has 0 aliphatic rings. The van der Waals surface area contributed by atoms with Crippen LogP contribution in [-0.2, 0) is 0 Å². The molecule has 0 aromatic heterocycles. The van der Waals surface area contributed by atoms with E-state index in [4.69, 9.17) is 0 Å². The lowest BCUT2D eigenvalue weighted by Crippen LogP contribution is -2.17. The van der Waals surface area contributed by atoms with Crippen molar-refractivity contribution in [3.63, 3.8) is 0 Å². The fourth-order valence-electron chi connectivity index (χ4n) is 3.17. The summed E-state index contributed by atoms with van der Waals surface area (Å²) < 4.78 is 0. The van der Waals surface area contributed by atoms with Crippen LogP contribution in [0.25, 0.3) is 0 Å². The van der Waals surface area contributed by atoms with Crippen LogP contribution in [0.15, 0.2) is 130 Å². The minimum absolute atomic E-state index is 0.118. The van der Waals surface area contributed by atoms with Crippen LogP contribution < -0.4 is 0 Å². The Morgan fingerprint density at radius 2 is 0.824 bits per heavy atom. The summed E-state index contributed by atoms with van der Waals surface area (Å²) in [6, 6.07) is 32.9. The standard InChI is InChI=1S/C28H22N4O2/c33-25-17-9-7-15-23(25)19-29-31-27(21-11-3-1-4-12-21)28(22-13-5-2-6-14-22)32-30-20-24-16-8-10-18-26(24)34/h1-20,33-34H/b29-19-,30-20-,31-27-,32-28-. The van der Waals surface area contributed by atoms with Gasteiger partial charge in [0.25, 0.3) is 0 Å². The molecule has 6 nitrogen and oxygen atoms in total. The lowest BCUT2D eigenvalue weighted by Gasteiger charge is -2.08. The average molecular weight is 447 g/mol. The molecular weight excluding hydrogens is 424 g/mol. The normalized spacial score (nSPS) is 12.5. The van der Waals surface area contributed by atoms with E-state index in [9.17, 15) is 10.2 Å². The molecule has 0 radical (unpaired) electrons. The van der Waals surface area contributed by atoms with Crippen LogP contribution >= 0.6 is 0 Å². The van der Waals surface area contributed by atoms with Gasteiger partial charge in [0.2, 0.25) is 0 Å². The third-order valence-electron chi connectivity index (χ3n) is 4.90. The van der Waals surface area contributed by atoms with E-state index < -0.39 is 0 Å². The van der Waals surface area contributed by atoms with Crippen molar-refractivity contribution in [3.05, 3.63) is 131 Å². The smallest absolute Gasteiger partial charge is 0.124 e. The largest absolute Gasteiger partial charge is 0.507 e. The van der Waals surface area contributed by atoms with Crippen molar-refractivity contribution in [2.45, 2.75) is 0 Å². The Labute approximate surface area is 197 Å². The van der Waals surface area contributed by atoms with Gasteiger partial charge in [-0.2, -0.15) is 10.2 Å². The molecule has 0 fully saturated rings. The van der Waals surface area contributed by atoms with E-state index in [1.807, 2.05) is 72.8 Å². The third kappa shape index (κ3) is 5.69. The highest BCUT2D eigenvalue weighted by Crippen LogP contribution is 2.15. The van der Waals surface area contributed by atoms with Crippen LogP contribution in [0.1, 0.15) is 22.3 Å². The van der Waals surface area contributed by atoms with Gasteiger partial charge in [-0.15, -0.1) is 10.2 Å². The molecule has 166 valence electrons. The summed E-state index contributed by atoms with van der Waals surface area (Å²) in [6.45, 7) is 0. The molecule has 0 heterocycles. The van der Waals surface area contributed by atoms with Crippen LogP contribution in [0.3, 0.4) is 0 Å². The Kier molecular flexibility index (Phi) is 7.33. The Morgan fingerprint density at radius 3 is 1.21 bits per heavy atom. The number of hydrogen-bond donors (Lipinski definition) is 2. The van der Waals surface area contributed by atoms with Crippen molar-refractivity contribution in [3.8, 4) is 11.5 Å². The summed E-state index contributed by atoms with van der Waals surface area (Å²) in [5.41, 5.74) is 3.72. The Morgan fingerprint density at radius 1 is 0.471 bits per heavy atom. The second-order valence-electron chi connectivity index (χ2n) is 7.24. The molecule has 4 aromatic carbocycles. The fourth-order valence-corrected chi connectivity index (χ4v) is 3.17. The van der Waals surface area contributed by atoms with E-state index in [0.29, 0.717) is 22.6 Å². The molecule has 0 aliphatic carbocycles. The van der Waals surface area contributed by atoms with Crippen molar-refractivity contribution >= 4 is 23.9 Å². The van der Waals surface area contributed by atoms with Gasteiger partial charge in [0.15, 0.2) is 0 Å². The third-order valence-corrected chi connectivity index (χ3v) is 4.90. The van der Waals surface area contributed by atoms with Gasteiger partial charge in [0, 0.05) is 22.3 Å². The molecule has 0 bridgehead atoms. The quantitative estimate of drug-likeness (QED) is 0.292. The topological polar surface area (TPSA) is 89.9 Å². The number of benzene rings is 4. The second-order valence-corrected chi connectivity index (χ2v) is 7.24. The predicted molar refractivity (Wildman–Crippen MR) is 137 cm³/mol. The molecule has 4 rings (SSSR count). The summed E-state index contributed by atoms with van der Waals surface area (Å²) in [5.74, 6) is 0.235. The van der Waals surface area contributed by atoms with E-state index in [-0.39, 0.29) is 11.5 Å². The first-order valence-corrected chi connectivity index (χ1v) is 10.6. The van der Waals surface area contributed by atoms with E-state index >= 15 is 0 Å². The number of nitrogens with zero attached hydrogens (tertiary/aromatic N) is 4. The first kappa shape index (κ1) is 22.4. The van der Waals surface area contributed by atoms with Gasteiger partial charge in [-0.3, -0.25) is 0 Å². The number of para-hydroxylation sites is 2. The second kappa shape index (κ2) is 11.2. The molecule has 0 spiro atoms. The monoisotopic (exact) mass is 446 g/mol. The van der Waals surface area contributed by atoms with Gasteiger partial charge >= 0.3 is 0 Å². The number of phenolic OH excluding ortho intramolecular Hbond substituents is 2. The van der Waals surface area contributed by atoms with E-state index in [1.54, 1.807) is 36.4 Å². The number of rotatable bonds is 7. The van der Waals surface area contributed by atoms with Gasteiger partial charge in [-0.1, -0.05) is 84.9 Å². The zero-order valence-electron chi connectivity index (χ0n) is 18.2. The van der Waals surface area contributed by atoms with Crippen LogP contribution in [-0.4, -0.2) is 34.1 Å². The Hall–Kier alpha value is -4.84. The molecule has 2 N–H and O–H groups in total. The van der Waals surface area contributed by atoms with Crippen LogP contribution in [0, 0.1) is 0 Å². The SMILES string of the molecule is Oc1ccccc1\C=N/N=C(\C(=N/N=C\c1ccccc1O)c1ccccc1)c1ccccc1. The molecule has 0 unspecified atom stereocenters. The lowest BCUT2D eigenvalue weighted by molar-refractivity contribution is 0.474. The highest BCUT2D eigenvalue weighted by molar-refractivity contribution is 6.53. The summed E-state index contributed by atoms with van der Waals surface area (Å²) in [4.78, 5) is 0. The van der Waals surface area contributed by atoms with Crippen molar-refractivity contribution in [1.82, 2.24) is 0 Å². The molecule has 0 atom stereocenters. The zero-order valence-corrected chi connectivity index (χ0v) is 18.2. The van der Waals surface area contributed by atoms with Crippen LogP contribution in [0.2, 0.25) is 0 Å². The first-order chi connectivity index (χ1) is 16.7. The summed E-state index contributed by atoms with van der Waals surface area (Å²) in [7, 11) is 0. The first-order valence-electron chi connectivity index (χ1n) is 10.6. The van der Waals surface area contributed by atoms with Crippen LogP contribution in [0.5, 0.6) is 11.5 Å².